The third kappa shape index (κ3) is 18.2. The van der Waals surface area contributed by atoms with Gasteiger partial charge < -0.3 is 9.66 Å². The first kappa shape index (κ1) is 29.1. The Bertz CT molecular complexity index is 387. The van der Waals surface area contributed by atoms with Crippen LogP contribution in [0.25, 0.3) is 0 Å². The fraction of sp³-hybridized carbons (Fsp3) is 1.00. The monoisotopic (exact) mass is 400 g/mol. The summed E-state index contributed by atoms with van der Waals surface area (Å²) in [6.45, 7) is 3.95. The van der Waals surface area contributed by atoms with Crippen LogP contribution in [0.5, 0.6) is 0 Å². The van der Waals surface area contributed by atoms with Gasteiger partial charge in [0.2, 0.25) is 0 Å². The minimum atomic E-state index is -4.11. The fourth-order valence-electron chi connectivity index (χ4n) is 3.32. The molecular formula is C20H41NaO4S. The molecule has 2 atom stereocenters. The van der Waals surface area contributed by atoms with E-state index in [9.17, 15) is 18.1 Å². The van der Waals surface area contributed by atoms with Gasteiger partial charge in [-0.05, 0) is 25.7 Å². The Morgan fingerprint density at radius 1 is 0.731 bits per heavy atom. The largest absolute Gasteiger partial charge is 1.00 e. The minimum absolute atomic E-state index is 0. The summed E-state index contributed by atoms with van der Waals surface area (Å²) in [6.07, 6.45) is 16.6. The van der Waals surface area contributed by atoms with Gasteiger partial charge >= 0.3 is 29.6 Å². The van der Waals surface area contributed by atoms with Gasteiger partial charge in [0.1, 0.15) is 0 Å². The van der Waals surface area contributed by atoms with E-state index in [1.54, 1.807) is 6.92 Å². The molecule has 26 heavy (non-hydrogen) atoms. The predicted octanol–water partition coefficient (Wildman–Crippen LogP) is 2.55. The van der Waals surface area contributed by atoms with Crippen molar-refractivity contribution in [2.24, 2.45) is 0 Å². The SMILES string of the molecule is CCCCCC(O)CCCCCCCCCCCC(CC)S(=O)(=O)[O-].[Na+]. The maximum Gasteiger partial charge on any atom is 1.00 e. The quantitative estimate of drug-likeness (QED) is 0.218. The Labute approximate surface area is 185 Å². The van der Waals surface area contributed by atoms with Crippen molar-refractivity contribution < 1.29 is 47.6 Å². The van der Waals surface area contributed by atoms with Crippen molar-refractivity contribution in [3.63, 3.8) is 0 Å². The van der Waals surface area contributed by atoms with Crippen LogP contribution in [0.1, 0.15) is 117 Å². The van der Waals surface area contributed by atoms with E-state index in [0.717, 1.165) is 44.9 Å². The summed E-state index contributed by atoms with van der Waals surface area (Å²) >= 11 is 0. The second kappa shape index (κ2) is 19.2. The summed E-state index contributed by atoms with van der Waals surface area (Å²) in [5.41, 5.74) is 0. The van der Waals surface area contributed by atoms with Crippen LogP contribution in [-0.4, -0.2) is 29.4 Å². The van der Waals surface area contributed by atoms with Crippen LogP contribution in [0.15, 0.2) is 0 Å². The van der Waals surface area contributed by atoms with E-state index in [0.29, 0.717) is 12.8 Å². The maximum atomic E-state index is 11.0. The molecular weight excluding hydrogens is 359 g/mol. The van der Waals surface area contributed by atoms with E-state index < -0.39 is 15.4 Å². The second-order valence-electron chi connectivity index (χ2n) is 7.43. The van der Waals surface area contributed by atoms with Crippen molar-refractivity contribution in [2.75, 3.05) is 0 Å². The number of aliphatic hydroxyl groups excluding tert-OH is 1. The van der Waals surface area contributed by atoms with Gasteiger partial charge in [-0.15, -0.1) is 0 Å². The number of rotatable bonds is 18. The van der Waals surface area contributed by atoms with Gasteiger partial charge in [-0.2, -0.15) is 0 Å². The number of aliphatic hydroxyl groups is 1. The molecule has 0 aromatic rings. The average molecular weight is 401 g/mol. The number of hydrogen-bond donors (Lipinski definition) is 1. The number of unbranched alkanes of at least 4 members (excludes halogenated alkanes) is 10. The first-order chi connectivity index (χ1) is 11.9. The summed E-state index contributed by atoms with van der Waals surface area (Å²) in [6, 6.07) is 0. The maximum absolute atomic E-state index is 11.0. The molecule has 6 heteroatoms. The number of hydrogen-bond acceptors (Lipinski definition) is 4. The molecule has 2 unspecified atom stereocenters. The van der Waals surface area contributed by atoms with Crippen LogP contribution in [-0.2, 0) is 10.1 Å². The van der Waals surface area contributed by atoms with E-state index in [1.165, 1.54) is 44.9 Å². The van der Waals surface area contributed by atoms with E-state index in [4.69, 9.17) is 0 Å². The molecule has 0 amide bonds. The van der Waals surface area contributed by atoms with Crippen LogP contribution in [0.4, 0.5) is 0 Å². The summed E-state index contributed by atoms with van der Waals surface area (Å²) in [5, 5.41) is 9.16. The molecule has 4 nitrogen and oxygen atoms in total. The van der Waals surface area contributed by atoms with E-state index in [2.05, 4.69) is 6.92 Å². The molecule has 0 bridgehead atoms. The second-order valence-corrected chi connectivity index (χ2v) is 9.08. The van der Waals surface area contributed by atoms with Crippen molar-refractivity contribution in [1.29, 1.82) is 0 Å². The first-order valence-electron chi connectivity index (χ1n) is 10.5. The molecule has 1 N–H and O–H groups in total. The van der Waals surface area contributed by atoms with Crippen molar-refractivity contribution >= 4 is 10.1 Å². The standard InChI is InChI=1S/C20H42O4S.Na/c1-3-5-13-16-19(21)17-14-11-9-7-6-8-10-12-15-18-20(4-2)25(22,23)24;/h19-21H,3-18H2,1-2H3,(H,22,23,24);/q;+1/p-1. The molecule has 0 aromatic carbocycles. The Kier molecular flexibility index (Phi) is 21.5. The van der Waals surface area contributed by atoms with Crippen LogP contribution in [0, 0.1) is 0 Å². The molecule has 152 valence electrons. The zero-order valence-corrected chi connectivity index (χ0v) is 20.4. The zero-order chi connectivity index (χ0) is 19.0. The molecule has 0 aliphatic carbocycles. The fourth-order valence-corrected chi connectivity index (χ4v) is 4.18. The van der Waals surface area contributed by atoms with Gasteiger partial charge in [0.15, 0.2) is 0 Å². The van der Waals surface area contributed by atoms with Crippen LogP contribution in [0.3, 0.4) is 0 Å². The molecule has 0 rings (SSSR count). The average Bonchev–Trinajstić information content (AvgIpc) is 2.55. The van der Waals surface area contributed by atoms with Crippen LogP contribution < -0.4 is 29.6 Å². The topological polar surface area (TPSA) is 77.4 Å². The van der Waals surface area contributed by atoms with Gasteiger partial charge in [-0.1, -0.05) is 90.9 Å². The molecule has 0 aliphatic heterocycles. The summed E-state index contributed by atoms with van der Waals surface area (Å²) in [7, 11) is -4.11. The van der Waals surface area contributed by atoms with E-state index in [-0.39, 0.29) is 35.7 Å². The van der Waals surface area contributed by atoms with Crippen LogP contribution in [0.2, 0.25) is 0 Å². The molecule has 0 heterocycles. The van der Waals surface area contributed by atoms with Gasteiger partial charge in [-0.3, -0.25) is 0 Å². The van der Waals surface area contributed by atoms with Gasteiger partial charge in [-0.25, -0.2) is 8.42 Å². The Morgan fingerprint density at radius 3 is 1.50 bits per heavy atom. The summed E-state index contributed by atoms with van der Waals surface area (Å²) < 4.78 is 33.0. The first-order valence-corrected chi connectivity index (χ1v) is 12.0. The Balaban J connectivity index is 0. The van der Waals surface area contributed by atoms with Crippen molar-refractivity contribution in [1.82, 2.24) is 0 Å². The van der Waals surface area contributed by atoms with Gasteiger partial charge in [0, 0.05) is 5.25 Å². The van der Waals surface area contributed by atoms with Crippen LogP contribution >= 0.6 is 0 Å². The third-order valence-corrected chi connectivity index (χ3v) is 6.45. The normalized spacial score (nSPS) is 14.0. The molecule has 0 saturated heterocycles. The van der Waals surface area contributed by atoms with Crippen molar-refractivity contribution in [2.45, 2.75) is 128 Å². The van der Waals surface area contributed by atoms with Gasteiger partial charge in [0.05, 0.1) is 16.2 Å². The van der Waals surface area contributed by atoms with E-state index >= 15 is 0 Å². The smallest absolute Gasteiger partial charge is 0.748 e. The third-order valence-electron chi connectivity index (χ3n) is 5.07. The molecule has 0 spiro atoms. The Hall–Kier alpha value is 0.870. The molecule has 0 saturated carbocycles. The molecule has 0 aliphatic rings. The summed E-state index contributed by atoms with van der Waals surface area (Å²) in [4.78, 5) is 0. The molecule has 0 radical (unpaired) electrons. The van der Waals surface area contributed by atoms with Crippen molar-refractivity contribution in [3.8, 4) is 0 Å². The molecule has 0 aromatic heterocycles. The zero-order valence-electron chi connectivity index (χ0n) is 17.5. The molecule has 0 fully saturated rings. The minimum Gasteiger partial charge on any atom is -0.748 e. The predicted molar refractivity (Wildman–Crippen MR) is 105 cm³/mol. The summed E-state index contributed by atoms with van der Waals surface area (Å²) in [5.74, 6) is 0. The van der Waals surface area contributed by atoms with E-state index in [1.807, 2.05) is 0 Å². The van der Waals surface area contributed by atoms with Gasteiger partial charge in [0.25, 0.3) is 0 Å². The van der Waals surface area contributed by atoms with Crippen molar-refractivity contribution in [3.05, 3.63) is 0 Å². The Morgan fingerprint density at radius 2 is 1.12 bits per heavy atom.